The third-order valence-corrected chi connectivity index (χ3v) is 4.38. The molecular formula is C18H25N3O2. The Kier molecular flexibility index (Phi) is 5.42. The zero-order valence-electron chi connectivity index (χ0n) is 14.4. The summed E-state index contributed by atoms with van der Waals surface area (Å²) in [4.78, 5) is 15.6. The molecule has 23 heavy (non-hydrogen) atoms. The Balaban J connectivity index is 2.86. The van der Waals surface area contributed by atoms with E-state index in [1.807, 2.05) is 18.2 Å². The largest absolute Gasteiger partial charge is 0.372 e. The molecule has 0 aliphatic rings. The molecule has 0 aliphatic carbocycles. The van der Waals surface area contributed by atoms with Gasteiger partial charge in [0, 0.05) is 49.0 Å². The number of rotatable bonds is 7. The van der Waals surface area contributed by atoms with Crippen molar-refractivity contribution in [1.29, 1.82) is 0 Å². The van der Waals surface area contributed by atoms with Crippen LogP contribution in [0, 0.1) is 10.1 Å². The summed E-state index contributed by atoms with van der Waals surface area (Å²) >= 11 is 0. The lowest BCUT2D eigenvalue weighted by molar-refractivity contribution is -0.383. The Bertz CT molecular complexity index is 674. The molecule has 0 fully saturated rings. The van der Waals surface area contributed by atoms with Crippen molar-refractivity contribution in [1.82, 2.24) is 0 Å². The molecule has 0 saturated carbocycles. The van der Waals surface area contributed by atoms with Gasteiger partial charge in [0.05, 0.1) is 10.3 Å². The summed E-state index contributed by atoms with van der Waals surface area (Å²) in [6, 6.07) is 9.34. The average Bonchev–Trinajstić information content (AvgIpc) is 2.56. The summed E-state index contributed by atoms with van der Waals surface area (Å²) < 4.78 is 0. The van der Waals surface area contributed by atoms with Crippen molar-refractivity contribution in [3.63, 3.8) is 0 Å². The first kappa shape index (κ1) is 17.1. The molecule has 0 aliphatic heterocycles. The van der Waals surface area contributed by atoms with Crippen LogP contribution >= 0.6 is 0 Å². The van der Waals surface area contributed by atoms with Crippen molar-refractivity contribution in [2.24, 2.45) is 0 Å². The van der Waals surface area contributed by atoms with Gasteiger partial charge in [-0.2, -0.15) is 0 Å². The van der Waals surface area contributed by atoms with Gasteiger partial charge in [-0.15, -0.1) is 0 Å². The predicted molar refractivity (Wildman–Crippen MR) is 97.7 cm³/mol. The van der Waals surface area contributed by atoms with E-state index in [0.717, 1.165) is 42.9 Å². The van der Waals surface area contributed by atoms with Crippen molar-refractivity contribution in [2.75, 3.05) is 36.0 Å². The van der Waals surface area contributed by atoms with Gasteiger partial charge in [0.25, 0.3) is 5.69 Å². The van der Waals surface area contributed by atoms with Gasteiger partial charge in [0.2, 0.25) is 0 Å². The van der Waals surface area contributed by atoms with Crippen LogP contribution in [0.15, 0.2) is 30.3 Å². The average molecular weight is 315 g/mol. The number of nitro groups is 1. The predicted octanol–water partition coefficient (Wildman–Crippen LogP) is 4.44. The summed E-state index contributed by atoms with van der Waals surface area (Å²) in [7, 11) is 0. The van der Waals surface area contributed by atoms with E-state index in [0.29, 0.717) is 5.39 Å². The highest BCUT2D eigenvalue weighted by Gasteiger charge is 2.20. The number of hydrogen-bond donors (Lipinski definition) is 0. The summed E-state index contributed by atoms with van der Waals surface area (Å²) in [5, 5.41) is 13.1. The topological polar surface area (TPSA) is 49.6 Å². The molecule has 0 N–H and O–H groups in total. The number of nitro benzene ring substituents is 1. The molecule has 0 amide bonds. The van der Waals surface area contributed by atoms with Crippen LogP contribution in [0.1, 0.15) is 27.7 Å². The third-order valence-electron chi connectivity index (χ3n) is 4.38. The Labute approximate surface area is 137 Å². The van der Waals surface area contributed by atoms with Gasteiger partial charge in [-0.25, -0.2) is 0 Å². The van der Waals surface area contributed by atoms with E-state index in [4.69, 9.17) is 0 Å². The van der Waals surface area contributed by atoms with Gasteiger partial charge in [-0.3, -0.25) is 10.1 Å². The Hall–Kier alpha value is -2.30. The lowest BCUT2D eigenvalue weighted by Gasteiger charge is -2.28. The molecule has 0 atom stereocenters. The quantitative estimate of drug-likeness (QED) is 0.560. The van der Waals surface area contributed by atoms with E-state index in [1.54, 1.807) is 6.07 Å². The minimum Gasteiger partial charge on any atom is -0.372 e. The number of benzene rings is 2. The second kappa shape index (κ2) is 7.31. The van der Waals surface area contributed by atoms with Crippen molar-refractivity contribution in [2.45, 2.75) is 27.7 Å². The maximum absolute atomic E-state index is 11.4. The molecule has 0 unspecified atom stereocenters. The van der Waals surface area contributed by atoms with E-state index < -0.39 is 0 Å². The smallest absolute Gasteiger partial charge is 0.277 e. The maximum atomic E-state index is 11.4. The summed E-state index contributed by atoms with van der Waals surface area (Å²) in [5.41, 5.74) is 2.31. The first-order chi connectivity index (χ1) is 11.1. The van der Waals surface area contributed by atoms with Crippen LogP contribution in [-0.2, 0) is 0 Å². The van der Waals surface area contributed by atoms with E-state index in [1.165, 1.54) is 0 Å². The SMILES string of the molecule is CCN(CC)c1cccc2c([N+](=O)[O-])ccc(N(CC)CC)c12. The highest BCUT2D eigenvalue weighted by Crippen LogP contribution is 2.39. The number of anilines is 2. The number of non-ortho nitro benzene ring substituents is 1. The van der Waals surface area contributed by atoms with Crippen molar-refractivity contribution in [3.05, 3.63) is 40.4 Å². The van der Waals surface area contributed by atoms with E-state index in [-0.39, 0.29) is 10.6 Å². The zero-order valence-corrected chi connectivity index (χ0v) is 14.4. The molecule has 0 aromatic heterocycles. The van der Waals surface area contributed by atoms with Crippen molar-refractivity contribution >= 4 is 27.8 Å². The van der Waals surface area contributed by atoms with Crippen LogP contribution in [0.5, 0.6) is 0 Å². The molecule has 0 spiro atoms. The molecule has 2 rings (SSSR count). The Morgan fingerprint density at radius 3 is 1.87 bits per heavy atom. The molecule has 0 heterocycles. The molecule has 2 aromatic rings. The fraction of sp³-hybridized carbons (Fsp3) is 0.444. The fourth-order valence-electron chi connectivity index (χ4n) is 3.17. The monoisotopic (exact) mass is 315 g/mol. The summed E-state index contributed by atoms with van der Waals surface area (Å²) in [5.74, 6) is 0. The Morgan fingerprint density at radius 2 is 1.39 bits per heavy atom. The van der Waals surface area contributed by atoms with Gasteiger partial charge >= 0.3 is 0 Å². The van der Waals surface area contributed by atoms with Gasteiger partial charge < -0.3 is 9.80 Å². The molecule has 2 aromatic carbocycles. The molecule has 0 saturated heterocycles. The lowest BCUT2D eigenvalue weighted by atomic mass is 10.0. The van der Waals surface area contributed by atoms with Crippen LogP contribution in [-0.4, -0.2) is 31.1 Å². The van der Waals surface area contributed by atoms with Crippen LogP contribution in [0.2, 0.25) is 0 Å². The highest BCUT2D eigenvalue weighted by atomic mass is 16.6. The molecule has 5 nitrogen and oxygen atoms in total. The first-order valence-corrected chi connectivity index (χ1v) is 8.28. The second-order valence-electron chi connectivity index (χ2n) is 5.41. The molecular weight excluding hydrogens is 290 g/mol. The van der Waals surface area contributed by atoms with Crippen molar-refractivity contribution < 1.29 is 4.92 Å². The number of nitrogens with zero attached hydrogens (tertiary/aromatic N) is 3. The van der Waals surface area contributed by atoms with Gasteiger partial charge in [-0.1, -0.05) is 6.07 Å². The number of hydrogen-bond acceptors (Lipinski definition) is 4. The van der Waals surface area contributed by atoms with E-state index >= 15 is 0 Å². The molecule has 124 valence electrons. The lowest BCUT2D eigenvalue weighted by Crippen LogP contribution is -2.25. The van der Waals surface area contributed by atoms with Gasteiger partial charge in [0.15, 0.2) is 0 Å². The zero-order chi connectivity index (χ0) is 17.0. The maximum Gasteiger partial charge on any atom is 0.277 e. The molecule has 5 heteroatoms. The van der Waals surface area contributed by atoms with Gasteiger partial charge in [-0.05, 0) is 45.9 Å². The van der Waals surface area contributed by atoms with Gasteiger partial charge in [0.1, 0.15) is 0 Å². The second-order valence-corrected chi connectivity index (χ2v) is 5.41. The fourth-order valence-corrected chi connectivity index (χ4v) is 3.17. The number of fused-ring (bicyclic) bond motifs is 1. The minimum atomic E-state index is -0.291. The highest BCUT2D eigenvalue weighted by molar-refractivity contribution is 6.07. The molecule has 0 radical (unpaired) electrons. The van der Waals surface area contributed by atoms with E-state index in [9.17, 15) is 10.1 Å². The van der Waals surface area contributed by atoms with Crippen LogP contribution in [0.3, 0.4) is 0 Å². The third kappa shape index (κ3) is 3.09. The molecule has 0 bridgehead atoms. The van der Waals surface area contributed by atoms with Crippen molar-refractivity contribution in [3.8, 4) is 0 Å². The van der Waals surface area contributed by atoms with Crippen LogP contribution in [0.4, 0.5) is 17.1 Å². The first-order valence-electron chi connectivity index (χ1n) is 8.28. The van der Waals surface area contributed by atoms with Crippen LogP contribution in [0.25, 0.3) is 10.8 Å². The Morgan fingerprint density at radius 1 is 0.870 bits per heavy atom. The summed E-state index contributed by atoms with van der Waals surface area (Å²) in [6.45, 7) is 11.9. The minimum absolute atomic E-state index is 0.171. The van der Waals surface area contributed by atoms with Crippen LogP contribution < -0.4 is 9.80 Å². The summed E-state index contributed by atoms with van der Waals surface area (Å²) in [6.07, 6.45) is 0. The standard InChI is InChI=1S/C18H25N3O2/c1-5-19(6-2)16-11-9-10-14-15(21(22)23)12-13-17(18(14)16)20(7-3)8-4/h9-13H,5-8H2,1-4H3. The normalized spacial score (nSPS) is 10.8. The van der Waals surface area contributed by atoms with E-state index in [2.05, 4.69) is 43.6 Å².